The summed E-state index contributed by atoms with van der Waals surface area (Å²) in [4.78, 5) is 16.4. The molecule has 0 aliphatic carbocycles. The maximum atomic E-state index is 12.1. The van der Waals surface area contributed by atoms with Crippen molar-refractivity contribution in [2.24, 2.45) is 17.1 Å². The molecule has 1 aromatic rings. The van der Waals surface area contributed by atoms with Crippen molar-refractivity contribution < 1.29 is 4.79 Å². The quantitative estimate of drug-likeness (QED) is 0.842. The molecule has 3 N–H and O–H groups in total. The molecule has 1 amide bonds. The van der Waals surface area contributed by atoms with E-state index >= 15 is 0 Å². The Balaban J connectivity index is 2.45. The average Bonchev–Trinajstić information content (AvgIpc) is 2.85. The van der Waals surface area contributed by atoms with Crippen LogP contribution in [-0.4, -0.2) is 24.0 Å². The van der Waals surface area contributed by atoms with E-state index in [0.717, 1.165) is 11.4 Å². The zero-order valence-corrected chi connectivity index (χ0v) is 13.1. The first-order valence-electron chi connectivity index (χ1n) is 6.70. The number of rotatable bonds is 6. The lowest BCUT2D eigenvalue weighted by Crippen LogP contribution is -2.38. The second kappa shape index (κ2) is 7.01. The molecule has 0 aliphatic rings. The number of thiazole rings is 1. The third-order valence-electron chi connectivity index (χ3n) is 2.97. The molecular weight excluding hydrogens is 258 g/mol. The summed E-state index contributed by atoms with van der Waals surface area (Å²) in [6.07, 6.45) is 2.60. The van der Waals surface area contributed by atoms with Crippen LogP contribution in [0.15, 0.2) is 11.6 Å². The summed E-state index contributed by atoms with van der Waals surface area (Å²) >= 11 is 1.62. The van der Waals surface area contributed by atoms with Crippen LogP contribution in [0, 0.1) is 11.3 Å². The molecule has 0 aromatic carbocycles. The van der Waals surface area contributed by atoms with E-state index in [-0.39, 0.29) is 23.2 Å². The van der Waals surface area contributed by atoms with Gasteiger partial charge in [0.25, 0.3) is 0 Å². The van der Waals surface area contributed by atoms with Gasteiger partial charge >= 0.3 is 0 Å². The highest BCUT2D eigenvalue weighted by molar-refractivity contribution is 7.09. The van der Waals surface area contributed by atoms with Crippen LogP contribution >= 0.6 is 11.3 Å². The molecule has 5 heteroatoms. The molecule has 0 bridgehead atoms. The SMILES string of the molecule is CC(CNC(=O)C(CN)CC(C)(C)C)c1nccs1. The van der Waals surface area contributed by atoms with Gasteiger partial charge in [0.2, 0.25) is 5.91 Å². The van der Waals surface area contributed by atoms with E-state index in [9.17, 15) is 4.79 Å². The van der Waals surface area contributed by atoms with Gasteiger partial charge in [0.1, 0.15) is 0 Å². The van der Waals surface area contributed by atoms with Crippen LogP contribution in [0.5, 0.6) is 0 Å². The minimum Gasteiger partial charge on any atom is -0.355 e. The fourth-order valence-corrected chi connectivity index (χ4v) is 2.68. The first-order chi connectivity index (χ1) is 8.83. The Bertz CT molecular complexity index is 384. The Kier molecular flexibility index (Phi) is 5.94. The van der Waals surface area contributed by atoms with Crippen molar-refractivity contribution in [2.75, 3.05) is 13.1 Å². The summed E-state index contributed by atoms with van der Waals surface area (Å²) in [5.74, 6) is 0.196. The van der Waals surface area contributed by atoms with Crippen molar-refractivity contribution in [3.8, 4) is 0 Å². The summed E-state index contributed by atoms with van der Waals surface area (Å²) in [5.41, 5.74) is 5.82. The summed E-state index contributed by atoms with van der Waals surface area (Å²) in [6.45, 7) is 9.46. The van der Waals surface area contributed by atoms with Gasteiger partial charge in [0.15, 0.2) is 0 Å². The first-order valence-corrected chi connectivity index (χ1v) is 7.58. The maximum absolute atomic E-state index is 12.1. The van der Waals surface area contributed by atoms with Crippen LogP contribution in [0.2, 0.25) is 0 Å². The molecule has 0 fully saturated rings. The molecule has 4 nitrogen and oxygen atoms in total. The number of nitrogens with two attached hydrogens (primary N) is 1. The lowest BCUT2D eigenvalue weighted by molar-refractivity contribution is -0.125. The largest absolute Gasteiger partial charge is 0.355 e. The number of hydrogen-bond donors (Lipinski definition) is 2. The van der Waals surface area contributed by atoms with Gasteiger partial charge < -0.3 is 11.1 Å². The Morgan fingerprint density at radius 3 is 2.68 bits per heavy atom. The highest BCUT2D eigenvalue weighted by Crippen LogP contribution is 2.24. The highest BCUT2D eigenvalue weighted by Gasteiger charge is 2.24. The van der Waals surface area contributed by atoms with Gasteiger partial charge in [-0.25, -0.2) is 4.98 Å². The van der Waals surface area contributed by atoms with Gasteiger partial charge in [-0.2, -0.15) is 0 Å². The van der Waals surface area contributed by atoms with Gasteiger partial charge in [0.05, 0.1) is 10.9 Å². The number of hydrogen-bond acceptors (Lipinski definition) is 4. The molecule has 2 unspecified atom stereocenters. The molecule has 19 heavy (non-hydrogen) atoms. The molecule has 0 spiro atoms. The van der Waals surface area contributed by atoms with Gasteiger partial charge in [0, 0.05) is 30.6 Å². The van der Waals surface area contributed by atoms with E-state index in [1.807, 2.05) is 5.38 Å². The normalized spacial score (nSPS) is 15.0. The van der Waals surface area contributed by atoms with E-state index in [4.69, 9.17) is 5.73 Å². The Morgan fingerprint density at radius 1 is 1.53 bits per heavy atom. The highest BCUT2D eigenvalue weighted by atomic mass is 32.1. The molecule has 1 aromatic heterocycles. The van der Waals surface area contributed by atoms with Crippen LogP contribution < -0.4 is 11.1 Å². The third-order valence-corrected chi connectivity index (χ3v) is 3.98. The fourth-order valence-electron chi connectivity index (χ4n) is 1.99. The van der Waals surface area contributed by atoms with Gasteiger partial charge in [-0.05, 0) is 11.8 Å². The maximum Gasteiger partial charge on any atom is 0.224 e. The van der Waals surface area contributed by atoms with Crippen LogP contribution in [0.1, 0.15) is 45.0 Å². The fraction of sp³-hybridized carbons (Fsp3) is 0.714. The Labute approximate surface area is 119 Å². The monoisotopic (exact) mass is 283 g/mol. The van der Waals surface area contributed by atoms with E-state index < -0.39 is 0 Å². The van der Waals surface area contributed by atoms with Crippen molar-refractivity contribution in [3.63, 3.8) is 0 Å². The van der Waals surface area contributed by atoms with Gasteiger partial charge in [-0.3, -0.25) is 4.79 Å². The number of aromatic nitrogens is 1. The molecule has 0 aliphatic heterocycles. The summed E-state index contributed by atoms with van der Waals surface area (Å²) in [6, 6.07) is 0. The van der Waals surface area contributed by atoms with Crippen LogP contribution in [0.3, 0.4) is 0 Å². The molecule has 0 radical (unpaired) electrons. The van der Waals surface area contributed by atoms with Gasteiger partial charge in [-0.1, -0.05) is 27.7 Å². The van der Waals surface area contributed by atoms with Crippen molar-refractivity contribution >= 4 is 17.2 Å². The molecule has 1 rings (SSSR count). The zero-order valence-electron chi connectivity index (χ0n) is 12.3. The summed E-state index contributed by atoms with van der Waals surface area (Å²) < 4.78 is 0. The predicted octanol–water partition coefficient (Wildman–Crippen LogP) is 2.37. The number of amides is 1. The number of nitrogens with one attached hydrogen (secondary N) is 1. The van der Waals surface area contributed by atoms with E-state index in [1.165, 1.54) is 0 Å². The molecule has 0 saturated heterocycles. The smallest absolute Gasteiger partial charge is 0.224 e. The second-order valence-corrected chi connectivity index (χ2v) is 7.14. The molecule has 1 heterocycles. The van der Waals surface area contributed by atoms with Gasteiger partial charge in [-0.15, -0.1) is 11.3 Å². The van der Waals surface area contributed by atoms with E-state index in [1.54, 1.807) is 17.5 Å². The molecular formula is C14H25N3OS. The number of carbonyl (C=O) groups excluding carboxylic acids is 1. The molecule has 108 valence electrons. The Morgan fingerprint density at radius 2 is 2.21 bits per heavy atom. The molecule has 2 atom stereocenters. The van der Waals surface area contributed by atoms with Crippen LogP contribution in [0.25, 0.3) is 0 Å². The minimum atomic E-state index is -0.108. The standard InChI is InChI=1S/C14H25N3OS/c1-10(13-16-5-6-19-13)9-17-12(18)11(8-15)7-14(2,3)4/h5-6,10-11H,7-9,15H2,1-4H3,(H,17,18). The van der Waals surface area contributed by atoms with Crippen molar-refractivity contribution in [1.82, 2.24) is 10.3 Å². The van der Waals surface area contributed by atoms with E-state index in [2.05, 4.69) is 38.0 Å². The topological polar surface area (TPSA) is 68.0 Å². The third kappa shape index (κ3) is 5.70. The van der Waals surface area contributed by atoms with E-state index in [0.29, 0.717) is 13.1 Å². The summed E-state index contributed by atoms with van der Waals surface area (Å²) in [5, 5.41) is 6.00. The molecule has 0 saturated carbocycles. The zero-order chi connectivity index (χ0) is 14.5. The van der Waals surface area contributed by atoms with Crippen LogP contribution in [0.4, 0.5) is 0 Å². The van der Waals surface area contributed by atoms with Crippen LogP contribution in [-0.2, 0) is 4.79 Å². The minimum absolute atomic E-state index is 0.0563. The lowest BCUT2D eigenvalue weighted by atomic mass is 9.84. The average molecular weight is 283 g/mol. The lowest BCUT2D eigenvalue weighted by Gasteiger charge is -2.24. The summed E-state index contributed by atoms with van der Waals surface area (Å²) in [7, 11) is 0. The Hall–Kier alpha value is -0.940. The number of carbonyl (C=O) groups is 1. The first kappa shape index (κ1) is 16.1. The predicted molar refractivity (Wildman–Crippen MR) is 80.2 cm³/mol. The second-order valence-electron chi connectivity index (χ2n) is 6.21. The van der Waals surface area contributed by atoms with Crippen molar-refractivity contribution in [2.45, 2.75) is 40.0 Å². The van der Waals surface area contributed by atoms with Crippen molar-refractivity contribution in [3.05, 3.63) is 16.6 Å². The number of nitrogens with zero attached hydrogens (tertiary/aromatic N) is 1. The van der Waals surface area contributed by atoms with Crippen molar-refractivity contribution in [1.29, 1.82) is 0 Å².